The van der Waals surface area contributed by atoms with Crippen LogP contribution in [0, 0.1) is 5.92 Å². The van der Waals surface area contributed by atoms with Crippen molar-refractivity contribution in [2.45, 2.75) is 45.7 Å². The van der Waals surface area contributed by atoms with Gasteiger partial charge in [0.25, 0.3) is 0 Å². The van der Waals surface area contributed by atoms with Crippen LogP contribution in [0.5, 0.6) is 0 Å². The van der Waals surface area contributed by atoms with Gasteiger partial charge in [0, 0.05) is 30.6 Å². The summed E-state index contributed by atoms with van der Waals surface area (Å²) in [5.41, 5.74) is 0. The van der Waals surface area contributed by atoms with E-state index < -0.39 is 0 Å². The molecule has 0 aromatic carbocycles. The summed E-state index contributed by atoms with van der Waals surface area (Å²) in [6.07, 6.45) is 4.15. The summed E-state index contributed by atoms with van der Waals surface area (Å²) < 4.78 is 0. The predicted octanol–water partition coefficient (Wildman–Crippen LogP) is 3.35. The molecule has 1 aromatic heterocycles. The van der Waals surface area contributed by atoms with Crippen molar-refractivity contribution in [3.8, 4) is 0 Å². The first-order valence-corrected chi connectivity index (χ1v) is 8.14. The molecule has 102 valence electrons. The third-order valence-corrected chi connectivity index (χ3v) is 4.83. The van der Waals surface area contributed by atoms with E-state index in [-0.39, 0.29) is 0 Å². The number of likely N-dealkylation sites (tertiary alicyclic amines) is 1. The highest BCUT2D eigenvalue weighted by atomic mass is 32.1. The van der Waals surface area contributed by atoms with Crippen LogP contribution in [-0.2, 0) is 6.54 Å². The van der Waals surface area contributed by atoms with Gasteiger partial charge in [-0.1, -0.05) is 19.4 Å². The van der Waals surface area contributed by atoms with Crippen LogP contribution in [0.1, 0.15) is 38.0 Å². The lowest BCUT2D eigenvalue weighted by molar-refractivity contribution is 0.241. The van der Waals surface area contributed by atoms with Gasteiger partial charge >= 0.3 is 0 Å². The number of hydrogen-bond donors (Lipinski definition) is 1. The Labute approximate surface area is 115 Å². The minimum absolute atomic E-state index is 0.673. The molecule has 1 N–H and O–H groups in total. The van der Waals surface area contributed by atoms with E-state index in [1.54, 1.807) is 0 Å². The maximum atomic E-state index is 3.58. The Morgan fingerprint density at radius 3 is 3.17 bits per heavy atom. The average molecular weight is 266 g/mol. The highest BCUT2D eigenvalue weighted by molar-refractivity contribution is 7.09. The molecule has 1 aliphatic rings. The summed E-state index contributed by atoms with van der Waals surface area (Å²) in [4.78, 5) is 4.09. The monoisotopic (exact) mass is 266 g/mol. The van der Waals surface area contributed by atoms with Crippen LogP contribution in [0.4, 0.5) is 0 Å². The standard InChI is InChI=1S/C15H26N2S/c1-3-5-14-7-8-17(12-14)13(2)10-16-11-15-6-4-9-18-15/h4,6,9,13-14,16H,3,5,7-8,10-12H2,1-2H3. The van der Waals surface area contributed by atoms with E-state index in [0.29, 0.717) is 6.04 Å². The zero-order valence-electron chi connectivity index (χ0n) is 11.7. The van der Waals surface area contributed by atoms with Crippen molar-refractivity contribution in [1.29, 1.82) is 0 Å². The Morgan fingerprint density at radius 1 is 1.56 bits per heavy atom. The third kappa shape index (κ3) is 4.08. The zero-order chi connectivity index (χ0) is 12.8. The molecular weight excluding hydrogens is 240 g/mol. The lowest BCUT2D eigenvalue weighted by Gasteiger charge is -2.24. The fourth-order valence-electron chi connectivity index (χ4n) is 2.85. The summed E-state index contributed by atoms with van der Waals surface area (Å²) in [6.45, 7) is 9.40. The van der Waals surface area contributed by atoms with Gasteiger partial charge in [-0.25, -0.2) is 0 Å². The van der Waals surface area contributed by atoms with Crippen LogP contribution in [0.3, 0.4) is 0 Å². The second kappa shape index (κ2) is 7.27. The van der Waals surface area contributed by atoms with Gasteiger partial charge in [-0.2, -0.15) is 0 Å². The smallest absolute Gasteiger partial charge is 0.0300 e. The molecule has 0 aliphatic carbocycles. The second-order valence-corrected chi connectivity index (χ2v) is 6.53. The molecule has 2 atom stereocenters. The molecule has 1 fully saturated rings. The minimum Gasteiger partial charge on any atom is -0.310 e. The topological polar surface area (TPSA) is 15.3 Å². The SMILES string of the molecule is CCCC1CCN(C(C)CNCc2cccs2)C1. The molecule has 0 amide bonds. The van der Waals surface area contributed by atoms with E-state index in [9.17, 15) is 0 Å². The molecule has 1 aliphatic heterocycles. The maximum absolute atomic E-state index is 3.58. The van der Waals surface area contributed by atoms with Gasteiger partial charge in [-0.05, 0) is 43.7 Å². The number of nitrogens with one attached hydrogen (secondary N) is 1. The van der Waals surface area contributed by atoms with Crippen LogP contribution >= 0.6 is 11.3 Å². The first-order valence-electron chi connectivity index (χ1n) is 7.26. The van der Waals surface area contributed by atoms with Crippen LogP contribution in [-0.4, -0.2) is 30.6 Å². The summed E-state index contributed by atoms with van der Waals surface area (Å²) in [5.74, 6) is 0.953. The Bertz CT molecular complexity index is 323. The van der Waals surface area contributed by atoms with Gasteiger partial charge < -0.3 is 5.32 Å². The van der Waals surface area contributed by atoms with Crippen molar-refractivity contribution in [3.05, 3.63) is 22.4 Å². The lowest BCUT2D eigenvalue weighted by atomic mass is 10.0. The summed E-state index contributed by atoms with van der Waals surface area (Å²) >= 11 is 1.84. The van der Waals surface area contributed by atoms with Gasteiger partial charge in [0.05, 0.1) is 0 Å². The van der Waals surface area contributed by atoms with Crippen molar-refractivity contribution in [2.75, 3.05) is 19.6 Å². The van der Waals surface area contributed by atoms with E-state index >= 15 is 0 Å². The molecule has 2 rings (SSSR count). The second-order valence-electron chi connectivity index (χ2n) is 5.50. The van der Waals surface area contributed by atoms with Gasteiger partial charge in [0.2, 0.25) is 0 Å². The average Bonchev–Trinajstić information content (AvgIpc) is 3.00. The normalized spacial score (nSPS) is 22.4. The van der Waals surface area contributed by atoms with E-state index in [2.05, 4.69) is 41.6 Å². The van der Waals surface area contributed by atoms with Gasteiger partial charge in [-0.3, -0.25) is 4.90 Å². The first kappa shape index (κ1) is 14.0. The van der Waals surface area contributed by atoms with Gasteiger partial charge in [-0.15, -0.1) is 11.3 Å². The molecule has 0 saturated carbocycles. The van der Waals surface area contributed by atoms with Crippen molar-refractivity contribution < 1.29 is 0 Å². The van der Waals surface area contributed by atoms with Crippen LogP contribution in [0.2, 0.25) is 0 Å². The summed E-state index contributed by atoms with van der Waals surface area (Å²) in [5, 5.41) is 5.73. The molecule has 2 unspecified atom stereocenters. The third-order valence-electron chi connectivity index (χ3n) is 3.96. The summed E-state index contributed by atoms with van der Waals surface area (Å²) in [6, 6.07) is 5.00. The largest absolute Gasteiger partial charge is 0.310 e. The van der Waals surface area contributed by atoms with Crippen molar-refractivity contribution in [2.24, 2.45) is 5.92 Å². The Hall–Kier alpha value is -0.380. The molecule has 1 saturated heterocycles. The molecule has 18 heavy (non-hydrogen) atoms. The molecule has 0 bridgehead atoms. The molecule has 1 aromatic rings. The van der Waals surface area contributed by atoms with E-state index in [0.717, 1.165) is 19.0 Å². The fraction of sp³-hybridized carbons (Fsp3) is 0.733. The van der Waals surface area contributed by atoms with Crippen LogP contribution in [0.15, 0.2) is 17.5 Å². The fourth-order valence-corrected chi connectivity index (χ4v) is 3.53. The van der Waals surface area contributed by atoms with Gasteiger partial charge in [0.15, 0.2) is 0 Å². The number of thiophene rings is 1. The first-order chi connectivity index (χ1) is 8.79. The molecule has 2 nitrogen and oxygen atoms in total. The van der Waals surface area contributed by atoms with E-state index in [4.69, 9.17) is 0 Å². The lowest BCUT2D eigenvalue weighted by Crippen LogP contribution is -2.38. The highest BCUT2D eigenvalue weighted by Crippen LogP contribution is 2.22. The maximum Gasteiger partial charge on any atom is 0.0300 e. The molecule has 0 spiro atoms. The Morgan fingerprint density at radius 2 is 2.44 bits per heavy atom. The molecule has 2 heterocycles. The number of rotatable bonds is 7. The van der Waals surface area contributed by atoms with Crippen LogP contribution < -0.4 is 5.32 Å². The Balaban J connectivity index is 1.64. The van der Waals surface area contributed by atoms with Crippen molar-refractivity contribution >= 4 is 11.3 Å². The summed E-state index contributed by atoms with van der Waals surface area (Å²) in [7, 11) is 0. The quantitative estimate of drug-likeness (QED) is 0.814. The van der Waals surface area contributed by atoms with Crippen LogP contribution in [0.25, 0.3) is 0 Å². The predicted molar refractivity (Wildman–Crippen MR) is 80.1 cm³/mol. The Kier molecular flexibility index (Phi) is 5.67. The molecule has 3 heteroatoms. The van der Waals surface area contributed by atoms with Crippen molar-refractivity contribution in [1.82, 2.24) is 10.2 Å². The van der Waals surface area contributed by atoms with Gasteiger partial charge in [0.1, 0.15) is 0 Å². The van der Waals surface area contributed by atoms with Crippen molar-refractivity contribution in [3.63, 3.8) is 0 Å². The minimum atomic E-state index is 0.673. The number of nitrogens with zero attached hydrogens (tertiary/aromatic N) is 1. The zero-order valence-corrected chi connectivity index (χ0v) is 12.5. The number of hydrogen-bond acceptors (Lipinski definition) is 3. The van der Waals surface area contributed by atoms with E-state index in [1.165, 1.54) is 37.2 Å². The molecular formula is C15H26N2S. The molecule has 0 radical (unpaired) electrons. The highest BCUT2D eigenvalue weighted by Gasteiger charge is 2.24. The van der Waals surface area contributed by atoms with E-state index in [1.807, 2.05) is 11.3 Å².